The molecule has 4 nitrogen and oxygen atoms in total. The molecule has 0 saturated carbocycles. The van der Waals surface area contributed by atoms with Crippen LogP contribution in [0.15, 0.2) is 54.6 Å². The van der Waals surface area contributed by atoms with Gasteiger partial charge in [0.2, 0.25) is 0 Å². The normalized spacial score (nSPS) is 16.8. The minimum Gasteiger partial charge on any atom is -0.356 e. The Bertz CT molecular complexity index is 884. The van der Waals surface area contributed by atoms with Crippen LogP contribution in [0.4, 0.5) is 5.82 Å². The quantitative estimate of drug-likeness (QED) is 0.766. The molecule has 1 aliphatic rings. The number of benzene rings is 1. The van der Waals surface area contributed by atoms with Crippen LogP contribution in [0.1, 0.15) is 37.2 Å². The van der Waals surface area contributed by atoms with E-state index in [0.717, 1.165) is 48.7 Å². The third-order valence-corrected chi connectivity index (χ3v) is 5.24. The first-order chi connectivity index (χ1) is 12.7. The van der Waals surface area contributed by atoms with E-state index in [1.165, 1.54) is 5.39 Å². The van der Waals surface area contributed by atoms with Crippen molar-refractivity contribution >= 4 is 16.7 Å². The summed E-state index contributed by atoms with van der Waals surface area (Å²) in [5.41, 5.74) is 3.27. The van der Waals surface area contributed by atoms with Crippen LogP contribution in [0.25, 0.3) is 10.9 Å². The van der Waals surface area contributed by atoms with Gasteiger partial charge in [0.1, 0.15) is 5.82 Å². The summed E-state index contributed by atoms with van der Waals surface area (Å²) in [4.78, 5) is 11.9. The van der Waals surface area contributed by atoms with E-state index in [1.54, 1.807) is 0 Å². The predicted octanol–water partition coefficient (Wildman–Crippen LogP) is 4.26. The summed E-state index contributed by atoms with van der Waals surface area (Å²) in [6, 6.07) is 19.7. The Morgan fingerprint density at radius 2 is 1.77 bits per heavy atom. The summed E-state index contributed by atoms with van der Waals surface area (Å²) in [5.74, 6) is 1.10. The Hall–Kier alpha value is -2.46. The fourth-order valence-corrected chi connectivity index (χ4v) is 3.74. The number of fused-ring (bicyclic) bond motifs is 1. The maximum absolute atomic E-state index is 4.83. The molecule has 1 saturated heterocycles. The third-order valence-electron chi connectivity index (χ3n) is 5.24. The molecule has 26 heavy (non-hydrogen) atoms. The maximum Gasteiger partial charge on any atom is 0.128 e. The predicted molar refractivity (Wildman–Crippen MR) is 108 cm³/mol. The van der Waals surface area contributed by atoms with Crippen LogP contribution in [0.5, 0.6) is 0 Å². The highest BCUT2D eigenvalue weighted by atomic mass is 15.2. The van der Waals surface area contributed by atoms with E-state index < -0.39 is 0 Å². The minimum atomic E-state index is 0.258. The van der Waals surface area contributed by atoms with Crippen LogP contribution in [0, 0.1) is 6.92 Å². The van der Waals surface area contributed by atoms with Gasteiger partial charge in [-0.25, -0.2) is 4.98 Å². The Morgan fingerprint density at radius 1 is 0.962 bits per heavy atom. The highest BCUT2D eigenvalue weighted by molar-refractivity contribution is 5.78. The lowest BCUT2D eigenvalue weighted by atomic mass is 10.0. The van der Waals surface area contributed by atoms with Crippen molar-refractivity contribution in [2.45, 2.75) is 38.8 Å². The average molecular weight is 346 g/mol. The van der Waals surface area contributed by atoms with E-state index in [1.807, 2.05) is 6.07 Å². The molecule has 0 aliphatic carbocycles. The van der Waals surface area contributed by atoms with Crippen molar-refractivity contribution in [1.29, 1.82) is 0 Å². The van der Waals surface area contributed by atoms with Crippen molar-refractivity contribution in [3.05, 3.63) is 66.0 Å². The number of aromatic nitrogens is 2. The lowest BCUT2D eigenvalue weighted by Crippen LogP contribution is -2.43. The van der Waals surface area contributed by atoms with Crippen LogP contribution >= 0.6 is 0 Å². The summed E-state index contributed by atoms with van der Waals surface area (Å²) in [5, 5.41) is 4.97. The standard InChI is InChI=1S/C22H26N4/c1-16-6-5-9-22(23-16)26-14-12-19(13-15-26)24-17(2)20-11-10-18-7-3-4-8-21(18)25-20/h3-11,17,19,24H,12-15H2,1-2H3/t17-/m1/s1. The molecule has 1 aromatic carbocycles. The zero-order valence-corrected chi connectivity index (χ0v) is 15.5. The molecule has 1 N–H and O–H groups in total. The zero-order valence-electron chi connectivity index (χ0n) is 15.5. The number of hydrogen-bond donors (Lipinski definition) is 1. The molecule has 0 unspecified atom stereocenters. The van der Waals surface area contributed by atoms with Crippen LogP contribution in [-0.4, -0.2) is 29.1 Å². The highest BCUT2D eigenvalue weighted by Crippen LogP contribution is 2.21. The van der Waals surface area contributed by atoms with E-state index in [0.29, 0.717) is 6.04 Å². The number of hydrogen-bond acceptors (Lipinski definition) is 4. The summed E-state index contributed by atoms with van der Waals surface area (Å²) in [6.45, 7) is 6.36. The second-order valence-corrected chi connectivity index (χ2v) is 7.22. The molecule has 1 aliphatic heterocycles. The van der Waals surface area contributed by atoms with Crippen molar-refractivity contribution in [3.8, 4) is 0 Å². The maximum atomic E-state index is 4.83. The van der Waals surface area contributed by atoms with Crippen molar-refractivity contribution in [3.63, 3.8) is 0 Å². The minimum absolute atomic E-state index is 0.258. The molecule has 2 aromatic heterocycles. The molecule has 0 radical (unpaired) electrons. The lowest BCUT2D eigenvalue weighted by Gasteiger charge is -2.34. The monoisotopic (exact) mass is 346 g/mol. The molecule has 134 valence electrons. The van der Waals surface area contributed by atoms with E-state index in [9.17, 15) is 0 Å². The number of nitrogens with one attached hydrogen (secondary N) is 1. The van der Waals surface area contributed by atoms with Gasteiger partial charge in [-0.05, 0) is 51.0 Å². The molecule has 3 aromatic rings. The summed E-state index contributed by atoms with van der Waals surface area (Å²) in [6.07, 6.45) is 2.26. The van der Waals surface area contributed by atoms with Crippen molar-refractivity contribution in [1.82, 2.24) is 15.3 Å². The van der Waals surface area contributed by atoms with Gasteiger partial charge < -0.3 is 10.2 Å². The van der Waals surface area contributed by atoms with Gasteiger partial charge in [-0.15, -0.1) is 0 Å². The zero-order chi connectivity index (χ0) is 17.9. The van der Waals surface area contributed by atoms with Crippen LogP contribution < -0.4 is 10.2 Å². The third kappa shape index (κ3) is 3.70. The largest absolute Gasteiger partial charge is 0.356 e. The Morgan fingerprint density at radius 3 is 2.58 bits per heavy atom. The molecule has 4 heteroatoms. The van der Waals surface area contributed by atoms with Gasteiger partial charge >= 0.3 is 0 Å². The molecule has 1 atom stereocenters. The van der Waals surface area contributed by atoms with Crippen LogP contribution in [-0.2, 0) is 0 Å². The number of piperidine rings is 1. The van der Waals surface area contributed by atoms with Crippen molar-refractivity contribution in [2.75, 3.05) is 18.0 Å². The van der Waals surface area contributed by atoms with Crippen LogP contribution in [0.2, 0.25) is 0 Å². The van der Waals surface area contributed by atoms with E-state index >= 15 is 0 Å². The van der Waals surface area contributed by atoms with Crippen molar-refractivity contribution in [2.24, 2.45) is 0 Å². The van der Waals surface area contributed by atoms with Gasteiger partial charge in [-0.3, -0.25) is 4.98 Å². The Kier molecular flexibility index (Phi) is 4.85. The van der Waals surface area contributed by atoms with Crippen LogP contribution in [0.3, 0.4) is 0 Å². The van der Waals surface area contributed by atoms with E-state index in [4.69, 9.17) is 4.98 Å². The molecule has 4 rings (SSSR count). The van der Waals surface area contributed by atoms with Gasteiger partial charge in [0.25, 0.3) is 0 Å². The molecule has 3 heterocycles. The van der Waals surface area contributed by atoms with E-state index in [-0.39, 0.29) is 6.04 Å². The summed E-state index contributed by atoms with van der Waals surface area (Å²) >= 11 is 0. The number of aryl methyl sites for hydroxylation is 1. The first-order valence-electron chi connectivity index (χ1n) is 9.49. The van der Waals surface area contributed by atoms with Gasteiger partial charge in [0, 0.05) is 36.3 Å². The number of rotatable bonds is 4. The Balaban J connectivity index is 1.37. The molecule has 0 amide bonds. The molecule has 1 fully saturated rings. The second kappa shape index (κ2) is 7.42. The lowest BCUT2D eigenvalue weighted by molar-refractivity contribution is 0.377. The highest BCUT2D eigenvalue weighted by Gasteiger charge is 2.22. The van der Waals surface area contributed by atoms with Gasteiger partial charge in [0.15, 0.2) is 0 Å². The number of pyridine rings is 2. The fourth-order valence-electron chi connectivity index (χ4n) is 3.74. The smallest absolute Gasteiger partial charge is 0.128 e. The van der Waals surface area contributed by atoms with Gasteiger partial charge in [-0.2, -0.15) is 0 Å². The molecular formula is C22H26N4. The first-order valence-corrected chi connectivity index (χ1v) is 9.49. The van der Waals surface area contributed by atoms with E-state index in [2.05, 4.69) is 77.6 Å². The average Bonchev–Trinajstić information content (AvgIpc) is 2.68. The fraction of sp³-hybridized carbons (Fsp3) is 0.364. The van der Waals surface area contributed by atoms with Crippen molar-refractivity contribution < 1.29 is 0 Å². The SMILES string of the molecule is Cc1cccc(N2CCC(N[C@H](C)c3ccc4ccccc4n3)CC2)n1. The summed E-state index contributed by atoms with van der Waals surface area (Å²) in [7, 11) is 0. The van der Waals surface area contributed by atoms with Gasteiger partial charge in [-0.1, -0.05) is 30.3 Å². The molecule has 0 spiro atoms. The second-order valence-electron chi connectivity index (χ2n) is 7.22. The number of anilines is 1. The molecular weight excluding hydrogens is 320 g/mol. The van der Waals surface area contributed by atoms with Gasteiger partial charge in [0.05, 0.1) is 11.2 Å². The topological polar surface area (TPSA) is 41.0 Å². The first kappa shape index (κ1) is 17.0. The number of nitrogens with zero attached hydrogens (tertiary/aromatic N) is 3. The molecule has 0 bridgehead atoms. The number of para-hydroxylation sites is 1. The Labute approximate surface area is 155 Å². The summed E-state index contributed by atoms with van der Waals surface area (Å²) < 4.78 is 0.